The van der Waals surface area contributed by atoms with Crippen molar-refractivity contribution in [1.82, 2.24) is 15.6 Å². The van der Waals surface area contributed by atoms with Gasteiger partial charge in [0.1, 0.15) is 5.82 Å². The standard InChI is InChI=1S/C17H26F3N5/c1-21-16(22-11-14-5-4-6-15(23-14)25(2)3)24-13-9-7-12(8-10-13)17(18,19)20/h4-6,12-13H,7-11H2,1-3H3,(H2,21,22,24). The van der Waals surface area contributed by atoms with E-state index in [1.807, 2.05) is 37.2 Å². The number of nitrogens with one attached hydrogen (secondary N) is 2. The third kappa shape index (κ3) is 5.79. The third-order valence-corrected chi connectivity index (χ3v) is 4.44. The molecule has 1 saturated carbocycles. The second-order valence-electron chi connectivity index (χ2n) is 6.54. The Bertz CT molecular complexity index is 578. The van der Waals surface area contributed by atoms with Crippen LogP contribution >= 0.6 is 0 Å². The molecule has 1 aliphatic rings. The van der Waals surface area contributed by atoms with Gasteiger partial charge in [-0.15, -0.1) is 0 Å². The summed E-state index contributed by atoms with van der Waals surface area (Å²) in [4.78, 5) is 10.6. The van der Waals surface area contributed by atoms with Crippen LogP contribution in [0.5, 0.6) is 0 Å². The topological polar surface area (TPSA) is 52.6 Å². The van der Waals surface area contributed by atoms with Crippen molar-refractivity contribution < 1.29 is 13.2 Å². The van der Waals surface area contributed by atoms with E-state index in [1.165, 1.54) is 0 Å². The largest absolute Gasteiger partial charge is 0.391 e. The summed E-state index contributed by atoms with van der Waals surface area (Å²) in [5.74, 6) is 0.290. The average Bonchev–Trinajstić information content (AvgIpc) is 2.58. The predicted octanol–water partition coefficient (Wildman–Crippen LogP) is 2.93. The zero-order valence-corrected chi connectivity index (χ0v) is 14.9. The van der Waals surface area contributed by atoms with Crippen LogP contribution in [-0.2, 0) is 6.54 Å². The number of hydrogen-bond donors (Lipinski definition) is 2. The van der Waals surface area contributed by atoms with Crippen LogP contribution in [0.1, 0.15) is 31.4 Å². The smallest absolute Gasteiger partial charge is 0.363 e. The lowest BCUT2D eigenvalue weighted by atomic mass is 9.85. The van der Waals surface area contributed by atoms with E-state index in [1.54, 1.807) is 7.05 Å². The van der Waals surface area contributed by atoms with Crippen LogP contribution in [0, 0.1) is 5.92 Å². The highest BCUT2D eigenvalue weighted by molar-refractivity contribution is 5.79. The maximum atomic E-state index is 12.7. The lowest BCUT2D eigenvalue weighted by molar-refractivity contribution is -0.182. The van der Waals surface area contributed by atoms with Gasteiger partial charge in [0, 0.05) is 27.2 Å². The number of rotatable bonds is 4. The Morgan fingerprint density at radius 2 is 1.92 bits per heavy atom. The molecule has 25 heavy (non-hydrogen) atoms. The molecule has 0 radical (unpaired) electrons. The molecule has 140 valence electrons. The molecule has 1 aliphatic carbocycles. The van der Waals surface area contributed by atoms with Gasteiger partial charge in [-0.1, -0.05) is 6.07 Å². The van der Waals surface area contributed by atoms with Crippen LogP contribution in [0.3, 0.4) is 0 Å². The minimum absolute atomic E-state index is 0.0193. The molecule has 0 saturated heterocycles. The van der Waals surface area contributed by atoms with Crippen molar-refractivity contribution in [2.75, 3.05) is 26.0 Å². The van der Waals surface area contributed by atoms with E-state index < -0.39 is 12.1 Å². The van der Waals surface area contributed by atoms with Crippen molar-refractivity contribution in [2.24, 2.45) is 10.9 Å². The zero-order chi connectivity index (χ0) is 18.4. The molecule has 0 aromatic carbocycles. The van der Waals surface area contributed by atoms with Gasteiger partial charge in [-0.2, -0.15) is 13.2 Å². The van der Waals surface area contributed by atoms with Gasteiger partial charge in [0.2, 0.25) is 0 Å². The van der Waals surface area contributed by atoms with Gasteiger partial charge in [-0.3, -0.25) is 4.99 Å². The number of aromatic nitrogens is 1. The maximum absolute atomic E-state index is 12.7. The molecule has 5 nitrogen and oxygen atoms in total. The molecular formula is C17H26F3N5. The Morgan fingerprint density at radius 3 is 2.48 bits per heavy atom. The third-order valence-electron chi connectivity index (χ3n) is 4.44. The van der Waals surface area contributed by atoms with E-state index in [9.17, 15) is 13.2 Å². The van der Waals surface area contributed by atoms with Gasteiger partial charge in [0.15, 0.2) is 5.96 Å². The number of anilines is 1. The molecule has 2 rings (SSSR count). The lowest BCUT2D eigenvalue weighted by Gasteiger charge is -2.31. The summed E-state index contributed by atoms with van der Waals surface area (Å²) in [7, 11) is 5.51. The Kier molecular flexibility index (Phi) is 6.50. The van der Waals surface area contributed by atoms with Crippen LogP contribution in [0.4, 0.5) is 19.0 Å². The van der Waals surface area contributed by atoms with Gasteiger partial charge in [-0.25, -0.2) is 4.98 Å². The summed E-state index contributed by atoms with van der Waals surface area (Å²) in [5, 5.41) is 6.39. The molecule has 1 aromatic rings. The van der Waals surface area contributed by atoms with Crippen LogP contribution in [0.25, 0.3) is 0 Å². The first-order valence-electron chi connectivity index (χ1n) is 8.46. The van der Waals surface area contributed by atoms with Crippen LogP contribution in [0.15, 0.2) is 23.2 Å². The predicted molar refractivity (Wildman–Crippen MR) is 93.7 cm³/mol. The number of pyridine rings is 1. The van der Waals surface area contributed by atoms with Crippen molar-refractivity contribution >= 4 is 11.8 Å². The number of alkyl halides is 3. The van der Waals surface area contributed by atoms with Gasteiger partial charge in [0.25, 0.3) is 0 Å². The molecule has 1 aromatic heterocycles. The first kappa shape index (κ1) is 19.3. The monoisotopic (exact) mass is 357 g/mol. The lowest BCUT2D eigenvalue weighted by Crippen LogP contribution is -2.45. The minimum atomic E-state index is -4.08. The number of aliphatic imine (C=N–C) groups is 1. The number of halogens is 3. The molecule has 0 atom stereocenters. The molecule has 0 bridgehead atoms. The highest BCUT2D eigenvalue weighted by Crippen LogP contribution is 2.37. The summed E-state index contributed by atoms with van der Waals surface area (Å²) in [6.45, 7) is 0.499. The van der Waals surface area contributed by atoms with Crippen LogP contribution < -0.4 is 15.5 Å². The Labute approximate surface area is 146 Å². The van der Waals surface area contributed by atoms with E-state index in [-0.39, 0.29) is 18.9 Å². The van der Waals surface area contributed by atoms with E-state index in [4.69, 9.17) is 0 Å². The van der Waals surface area contributed by atoms with E-state index in [2.05, 4.69) is 20.6 Å². The summed E-state index contributed by atoms with van der Waals surface area (Å²) >= 11 is 0. The molecule has 0 unspecified atom stereocenters. The second kappa shape index (κ2) is 8.40. The molecule has 1 heterocycles. The fraction of sp³-hybridized carbons (Fsp3) is 0.647. The Hall–Kier alpha value is -1.99. The molecule has 8 heteroatoms. The quantitative estimate of drug-likeness (QED) is 0.643. The van der Waals surface area contributed by atoms with Crippen molar-refractivity contribution in [3.05, 3.63) is 23.9 Å². The highest BCUT2D eigenvalue weighted by atomic mass is 19.4. The summed E-state index contributed by atoms with van der Waals surface area (Å²) < 4.78 is 38.2. The van der Waals surface area contributed by atoms with Crippen molar-refractivity contribution in [3.63, 3.8) is 0 Å². The minimum Gasteiger partial charge on any atom is -0.363 e. The SMILES string of the molecule is CN=C(NCc1cccc(N(C)C)n1)NC1CCC(C(F)(F)F)CC1. The van der Waals surface area contributed by atoms with Crippen LogP contribution in [-0.4, -0.2) is 44.3 Å². The van der Waals surface area contributed by atoms with Gasteiger partial charge >= 0.3 is 6.18 Å². The van der Waals surface area contributed by atoms with E-state index in [0.29, 0.717) is 25.3 Å². The molecule has 0 spiro atoms. The zero-order valence-electron chi connectivity index (χ0n) is 14.9. The molecule has 2 N–H and O–H groups in total. The normalized spacial score (nSPS) is 21.8. The van der Waals surface area contributed by atoms with E-state index >= 15 is 0 Å². The molecule has 0 aliphatic heterocycles. The highest BCUT2D eigenvalue weighted by Gasteiger charge is 2.41. The summed E-state index contributed by atoms with van der Waals surface area (Å²) in [6, 6.07) is 5.80. The van der Waals surface area contributed by atoms with Gasteiger partial charge in [0.05, 0.1) is 18.2 Å². The van der Waals surface area contributed by atoms with Crippen molar-refractivity contribution in [2.45, 2.75) is 44.4 Å². The fourth-order valence-corrected chi connectivity index (χ4v) is 2.94. The fourth-order valence-electron chi connectivity index (χ4n) is 2.94. The first-order valence-corrected chi connectivity index (χ1v) is 8.46. The average molecular weight is 357 g/mol. The maximum Gasteiger partial charge on any atom is 0.391 e. The second-order valence-corrected chi connectivity index (χ2v) is 6.54. The molecule has 1 fully saturated rings. The number of nitrogens with zero attached hydrogens (tertiary/aromatic N) is 3. The van der Waals surface area contributed by atoms with Gasteiger partial charge < -0.3 is 15.5 Å². The molecular weight excluding hydrogens is 331 g/mol. The number of hydrogen-bond acceptors (Lipinski definition) is 3. The van der Waals surface area contributed by atoms with Gasteiger partial charge in [-0.05, 0) is 37.8 Å². The first-order chi connectivity index (χ1) is 11.8. The number of guanidine groups is 1. The Morgan fingerprint density at radius 1 is 1.24 bits per heavy atom. The summed E-state index contributed by atoms with van der Waals surface area (Å²) in [5.41, 5.74) is 0.870. The van der Waals surface area contributed by atoms with Crippen LogP contribution in [0.2, 0.25) is 0 Å². The van der Waals surface area contributed by atoms with Crippen molar-refractivity contribution in [1.29, 1.82) is 0 Å². The van der Waals surface area contributed by atoms with Crippen molar-refractivity contribution in [3.8, 4) is 0 Å². The Balaban J connectivity index is 1.83. The van der Waals surface area contributed by atoms with E-state index in [0.717, 1.165) is 11.5 Å². The summed E-state index contributed by atoms with van der Waals surface area (Å²) in [6.07, 6.45) is -2.73. The molecule has 0 amide bonds.